The minimum atomic E-state index is 0.0426. The molecule has 3 rings (SSSR count). The van der Waals surface area contributed by atoms with Crippen molar-refractivity contribution in [3.8, 4) is 0 Å². The van der Waals surface area contributed by atoms with Crippen molar-refractivity contribution >= 4 is 5.96 Å². The fourth-order valence-electron chi connectivity index (χ4n) is 4.37. The van der Waals surface area contributed by atoms with E-state index >= 15 is 0 Å². The molecule has 0 spiro atoms. The van der Waals surface area contributed by atoms with Crippen molar-refractivity contribution in [2.75, 3.05) is 39.4 Å². The summed E-state index contributed by atoms with van der Waals surface area (Å²) in [5.74, 6) is 1.71. The SMILES string of the molecule is CCNC(=NCCC(OCC)C1CCCC1)N1CCOC(c2cnn(C)c2)C1. The summed E-state index contributed by atoms with van der Waals surface area (Å²) in [5, 5.41) is 7.74. The molecular formula is C21H37N5O2. The van der Waals surface area contributed by atoms with E-state index in [4.69, 9.17) is 14.5 Å². The van der Waals surface area contributed by atoms with Gasteiger partial charge in [-0.3, -0.25) is 9.67 Å². The van der Waals surface area contributed by atoms with E-state index in [2.05, 4.69) is 29.2 Å². The number of aromatic nitrogens is 2. The third-order valence-electron chi connectivity index (χ3n) is 5.78. The highest BCUT2D eigenvalue weighted by atomic mass is 16.5. The van der Waals surface area contributed by atoms with Crippen LogP contribution in [0, 0.1) is 5.92 Å². The van der Waals surface area contributed by atoms with Gasteiger partial charge in [-0.25, -0.2) is 0 Å². The molecule has 2 aliphatic rings. The van der Waals surface area contributed by atoms with Gasteiger partial charge in [0, 0.05) is 45.0 Å². The van der Waals surface area contributed by atoms with Crippen LogP contribution in [0.15, 0.2) is 17.4 Å². The molecule has 0 aromatic carbocycles. The molecular weight excluding hydrogens is 354 g/mol. The van der Waals surface area contributed by atoms with E-state index in [0.29, 0.717) is 12.7 Å². The fraction of sp³-hybridized carbons (Fsp3) is 0.810. The molecule has 1 saturated carbocycles. The summed E-state index contributed by atoms with van der Waals surface area (Å²) in [6.07, 6.45) is 10.7. The topological polar surface area (TPSA) is 63.9 Å². The van der Waals surface area contributed by atoms with Gasteiger partial charge in [0.2, 0.25) is 0 Å². The largest absolute Gasteiger partial charge is 0.378 e. The molecule has 0 amide bonds. The lowest BCUT2D eigenvalue weighted by Gasteiger charge is -2.35. The standard InChI is InChI=1S/C21H37N5O2/c1-4-22-21(23-11-10-19(27-5-2)17-8-6-7-9-17)26-12-13-28-20(16-26)18-14-24-25(3)15-18/h14-15,17,19-20H,4-13,16H2,1-3H3,(H,22,23). The number of hydrogen-bond donors (Lipinski definition) is 1. The first kappa shape index (κ1) is 21.1. The maximum atomic E-state index is 6.06. The molecule has 0 radical (unpaired) electrons. The molecule has 2 fully saturated rings. The van der Waals surface area contributed by atoms with Crippen molar-refractivity contribution in [3.05, 3.63) is 18.0 Å². The zero-order valence-corrected chi connectivity index (χ0v) is 17.8. The van der Waals surface area contributed by atoms with Crippen LogP contribution in [0.3, 0.4) is 0 Å². The lowest BCUT2D eigenvalue weighted by atomic mass is 9.98. The second-order valence-corrected chi connectivity index (χ2v) is 7.82. The Labute approximate surface area is 169 Å². The molecule has 1 aromatic heterocycles. The molecule has 28 heavy (non-hydrogen) atoms. The average Bonchev–Trinajstić information content (AvgIpc) is 3.38. The molecule has 1 aliphatic carbocycles. The zero-order chi connectivity index (χ0) is 19.8. The second-order valence-electron chi connectivity index (χ2n) is 7.82. The molecule has 2 atom stereocenters. The summed E-state index contributed by atoms with van der Waals surface area (Å²) in [5.41, 5.74) is 1.13. The maximum absolute atomic E-state index is 6.06. The van der Waals surface area contributed by atoms with Gasteiger partial charge in [-0.15, -0.1) is 0 Å². The number of aliphatic imine (C=N–C) groups is 1. The van der Waals surface area contributed by atoms with Crippen LogP contribution in [0.25, 0.3) is 0 Å². The van der Waals surface area contributed by atoms with Crippen LogP contribution in [0.5, 0.6) is 0 Å². The van der Waals surface area contributed by atoms with Gasteiger partial charge in [0.15, 0.2) is 5.96 Å². The van der Waals surface area contributed by atoms with Gasteiger partial charge < -0.3 is 19.7 Å². The normalized spacial score (nSPS) is 22.6. The van der Waals surface area contributed by atoms with Gasteiger partial charge in [0.05, 0.1) is 25.5 Å². The molecule has 7 heteroatoms. The predicted octanol–water partition coefficient (Wildman–Crippen LogP) is 2.74. The van der Waals surface area contributed by atoms with Crippen LogP contribution in [-0.4, -0.2) is 66.1 Å². The van der Waals surface area contributed by atoms with Crippen molar-refractivity contribution in [3.63, 3.8) is 0 Å². The Morgan fingerprint density at radius 1 is 1.39 bits per heavy atom. The Kier molecular flexibility index (Phi) is 8.15. The van der Waals surface area contributed by atoms with Gasteiger partial charge in [-0.05, 0) is 39.0 Å². The fourth-order valence-corrected chi connectivity index (χ4v) is 4.37. The third kappa shape index (κ3) is 5.70. The van der Waals surface area contributed by atoms with E-state index < -0.39 is 0 Å². The molecule has 2 heterocycles. The smallest absolute Gasteiger partial charge is 0.194 e. The number of guanidine groups is 1. The molecule has 1 saturated heterocycles. The minimum Gasteiger partial charge on any atom is -0.378 e. The van der Waals surface area contributed by atoms with E-state index in [0.717, 1.165) is 56.6 Å². The number of hydrogen-bond acceptors (Lipinski definition) is 4. The van der Waals surface area contributed by atoms with Crippen LogP contribution in [0.4, 0.5) is 0 Å². The van der Waals surface area contributed by atoms with Crippen LogP contribution >= 0.6 is 0 Å². The number of aryl methyl sites for hydroxylation is 1. The summed E-state index contributed by atoms with van der Waals surface area (Å²) >= 11 is 0. The van der Waals surface area contributed by atoms with Crippen LogP contribution in [-0.2, 0) is 16.5 Å². The molecule has 158 valence electrons. The van der Waals surface area contributed by atoms with E-state index in [-0.39, 0.29) is 6.10 Å². The Bertz CT molecular complexity index is 612. The van der Waals surface area contributed by atoms with Crippen LogP contribution in [0.1, 0.15) is 57.6 Å². The number of morpholine rings is 1. The van der Waals surface area contributed by atoms with E-state index in [1.807, 2.05) is 24.1 Å². The number of nitrogens with zero attached hydrogens (tertiary/aromatic N) is 4. The Morgan fingerprint density at radius 3 is 2.89 bits per heavy atom. The number of nitrogens with one attached hydrogen (secondary N) is 1. The molecule has 7 nitrogen and oxygen atoms in total. The third-order valence-corrected chi connectivity index (χ3v) is 5.78. The summed E-state index contributed by atoms with van der Waals surface area (Å²) < 4.78 is 13.9. The van der Waals surface area contributed by atoms with Gasteiger partial charge in [-0.1, -0.05) is 12.8 Å². The number of ether oxygens (including phenoxy) is 2. The van der Waals surface area contributed by atoms with E-state index in [1.54, 1.807) is 0 Å². The molecule has 1 N–H and O–H groups in total. The lowest BCUT2D eigenvalue weighted by Crippen LogP contribution is -2.48. The van der Waals surface area contributed by atoms with Gasteiger partial charge >= 0.3 is 0 Å². The first-order valence-electron chi connectivity index (χ1n) is 11.0. The average molecular weight is 392 g/mol. The molecule has 1 aliphatic heterocycles. The Morgan fingerprint density at radius 2 is 2.21 bits per heavy atom. The first-order valence-corrected chi connectivity index (χ1v) is 11.0. The molecule has 1 aromatic rings. The lowest BCUT2D eigenvalue weighted by molar-refractivity contribution is -0.00819. The minimum absolute atomic E-state index is 0.0426. The predicted molar refractivity (Wildman–Crippen MR) is 111 cm³/mol. The van der Waals surface area contributed by atoms with Crippen molar-refractivity contribution in [1.29, 1.82) is 0 Å². The van der Waals surface area contributed by atoms with Crippen LogP contribution < -0.4 is 5.32 Å². The van der Waals surface area contributed by atoms with Gasteiger partial charge in [0.25, 0.3) is 0 Å². The van der Waals surface area contributed by atoms with Gasteiger partial charge in [0.1, 0.15) is 6.10 Å². The summed E-state index contributed by atoms with van der Waals surface area (Å²) in [4.78, 5) is 7.25. The van der Waals surface area contributed by atoms with Crippen molar-refractivity contribution in [1.82, 2.24) is 20.0 Å². The molecule has 2 unspecified atom stereocenters. The summed E-state index contributed by atoms with van der Waals surface area (Å²) in [7, 11) is 1.94. The maximum Gasteiger partial charge on any atom is 0.194 e. The quantitative estimate of drug-likeness (QED) is 0.545. The van der Waals surface area contributed by atoms with Crippen molar-refractivity contribution in [2.24, 2.45) is 18.0 Å². The highest BCUT2D eigenvalue weighted by Gasteiger charge is 2.27. The Hall–Kier alpha value is -1.60. The Balaban J connectivity index is 1.59. The second kappa shape index (κ2) is 10.8. The van der Waals surface area contributed by atoms with Crippen LogP contribution in [0.2, 0.25) is 0 Å². The van der Waals surface area contributed by atoms with E-state index in [1.165, 1.54) is 25.7 Å². The van der Waals surface area contributed by atoms with Crippen molar-refractivity contribution in [2.45, 2.75) is 58.2 Å². The van der Waals surface area contributed by atoms with Gasteiger partial charge in [-0.2, -0.15) is 5.10 Å². The summed E-state index contributed by atoms with van der Waals surface area (Å²) in [6.45, 7) is 9.05. The first-order chi connectivity index (χ1) is 13.7. The zero-order valence-electron chi connectivity index (χ0n) is 17.8. The number of rotatable bonds is 8. The molecule has 0 bridgehead atoms. The monoisotopic (exact) mass is 391 g/mol. The highest BCUT2D eigenvalue weighted by Crippen LogP contribution is 2.30. The highest BCUT2D eigenvalue weighted by molar-refractivity contribution is 5.80. The van der Waals surface area contributed by atoms with E-state index in [9.17, 15) is 0 Å². The summed E-state index contributed by atoms with van der Waals surface area (Å²) in [6, 6.07) is 0. The van der Waals surface area contributed by atoms with Crippen molar-refractivity contribution < 1.29 is 9.47 Å².